The molecule has 12 nitrogen and oxygen atoms in total. The maximum atomic E-state index is 15.4. The molecule has 3 aromatic rings. The predicted octanol–water partition coefficient (Wildman–Crippen LogP) is 2.56. The third kappa shape index (κ3) is 8.61. The number of hydrogen-bond donors (Lipinski definition) is 3. The largest absolute Gasteiger partial charge is 0.494 e. The molecule has 0 unspecified atom stereocenters. The van der Waals surface area contributed by atoms with E-state index in [1.807, 2.05) is 12.1 Å². The van der Waals surface area contributed by atoms with E-state index in [0.717, 1.165) is 11.1 Å². The van der Waals surface area contributed by atoms with Crippen LogP contribution in [0.5, 0.6) is 11.5 Å². The van der Waals surface area contributed by atoms with Gasteiger partial charge >= 0.3 is 0 Å². The van der Waals surface area contributed by atoms with E-state index in [1.54, 1.807) is 19.4 Å². The SMILES string of the molecule is COCCOCCOCCOc1ccc(OC)c(F)c1C(=O)c1ccc(C(=O)N[C@@H]2CNC[C@H]2NC(=O)c2ccc3c(c2)CN=C3)cc1. The standard InChI is InChI=1S/C35H39FN4O8/c1-44-11-12-46-13-14-47-15-16-48-29-9-10-30(45-2)32(36)31(29)33(41)22-3-5-23(6-4-22)34(42)39-27-20-38-21-28(27)40-35(43)24-7-8-25-18-37-19-26(25)17-24/h3-10,17-18,27-28,38H,11-16,19-21H2,1-2H3,(H,39,42)(H,40,43)/t27-,28-/m1/s1. The minimum atomic E-state index is -0.857. The Balaban J connectivity index is 1.17. The molecule has 48 heavy (non-hydrogen) atoms. The Morgan fingerprint density at radius 1 is 0.792 bits per heavy atom. The van der Waals surface area contributed by atoms with E-state index < -0.39 is 11.6 Å². The van der Waals surface area contributed by atoms with E-state index in [1.165, 1.54) is 43.5 Å². The number of halogens is 1. The molecule has 0 radical (unpaired) electrons. The smallest absolute Gasteiger partial charge is 0.251 e. The summed E-state index contributed by atoms with van der Waals surface area (Å²) in [7, 11) is 2.90. The molecule has 0 bridgehead atoms. The van der Waals surface area contributed by atoms with Crippen molar-refractivity contribution in [2.45, 2.75) is 18.6 Å². The summed E-state index contributed by atoms with van der Waals surface area (Å²) in [5.41, 5.74) is 2.70. The van der Waals surface area contributed by atoms with Crippen molar-refractivity contribution in [3.8, 4) is 11.5 Å². The van der Waals surface area contributed by atoms with Gasteiger partial charge in [-0.15, -0.1) is 0 Å². The molecule has 1 saturated heterocycles. The minimum Gasteiger partial charge on any atom is -0.494 e. The van der Waals surface area contributed by atoms with Crippen LogP contribution in [-0.2, 0) is 20.8 Å². The van der Waals surface area contributed by atoms with Gasteiger partial charge in [-0.05, 0) is 47.5 Å². The number of ether oxygens (including phenoxy) is 5. The topological polar surface area (TPSA) is 146 Å². The van der Waals surface area contributed by atoms with Crippen LogP contribution < -0.4 is 25.4 Å². The summed E-state index contributed by atoms with van der Waals surface area (Å²) >= 11 is 0. The van der Waals surface area contributed by atoms with Crippen LogP contribution in [0.1, 0.15) is 47.8 Å². The molecule has 2 heterocycles. The third-order valence-electron chi connectivity index (χ3n) is 7.96. The highest BCUT2D eigenvalue weighted by Gasteiger charge is 2.31. The number of aliphatic imine (C=N–C) groups is 1. The van der Waals surface area contributed by atoms with Gasteiger partial charge in [0.05, 0.1) is 58.8 Å². The molecule has 0 saturated carbocycles. The molecule has 3 N–H and O–H groups in total. The van der Waals surface area contributed by atoms with Crippen molar-refractivity contribution in [3.63, 3.8) is 0 Å². The number of fused-ring (bicyclic) bond motifs is 1. The zero-order valence-corrected chi connectivity index (χ0v) is 26.9. The normalized spacial score (nSPS) is 16.4. The lowest BCUT2D eigenvalue weighted by molar-refractivity contribution is 0.0179. The van der Waals surface area contributed by atoms with Gasteiger partial charge in [-0.3, -0.25) is 19.4 Å². The molecule has 1 fully saturated rings. The highest BCUT2D eigenvalue weighted by atomic mass is 19.1. The molecular formula is C35H39FN4O8. The first kappa shape index (κ1) is 34.6. The Labute approximate surface area is 278 Å². The van der Waals surface area contributed by atoms with Gasteiger partial charge in [0.15, 0.2) is 17.3 Å². The second kappa shape index (κ2) is 16.9. The molecule has 3 aromatic carbocycles. The van der Waals surface area contributed by atoms with Crippen molar-refractivity contribution in [1.29, 1.82) is 0 Å². The van der Waals surface area contributed by atoms with Crippen LogP contribution in [0, 0.1) is 5.82 Å². The molecule has 13 heteroatoms. The van der Waals surface area contributed by atoms with E-state index in [4.69, 9.17) is 23.7 Å². The number of nitrogens with zero attached hydrogens (tertiary/aromatic N) is 1. The Bertz CT molecular complexity index is 1630. The summed E-state index contributed by atoms with van der Waals surface area (Å²) in [6.45, 7) is 3.46. The average molecular weight is 663 g/mol. The van der Waals surface area contributed by atoms with Crippen LogP contribution >= 0.6 is 0 Å². The number of benzene rings is 3. The van der Waals surface area contributed by atoms with Crippen molar-refractivity contribution in [2.75, 3.05) is 67.0 Å². The van der Waals surface area contributed by atoms with Crippen molar-refractivity contribution in [2.24, 2.45) is 4.99 Å². The van der Waals surface area contributed by atoms with Gasteiger partial charge in [0.2, 0.25) is 0 Å². The van der Waals surface area contributed by atoms with E-state index in [-0.39, 0.29) is 59.7 Å². The average Bonchev–Trinajstić information content (AvgIpc) is 3.76. The molecule has 2 aliphatic rings. The molecule has 254 valence electrons. The molecule has 0 aromatic heterocycles. The highest BCUT2D eigenvalue weighted by Crippen LogP contribution is 2.31. The van der Waals surface area contributed by atoms with Gasteiger partial charge < -0.3 is 39.6 Å². The fraction of sp³-hybridized carbons (Fsp3) is 0.371. The van der Waals surface area contributed by atoms with Gasteiger partial charge in [0, 0.05) is 43.1 Å². The zero-order chi connectivity index (χ0) is 33.9. The monoisotopic (exact) mass is 662 g/mol. The van der Waals surface area contributed by atoms with Gasteiger partial charge in [-0.2, -0.15) is 0 Å². The van der Waals surface area contributed by atoms with Crippen molar-refractivity contribution >= 4 is 23.8 Å². The van der Waals surface area contributed by atoms with Crippen molar-refractivity contribution in [1.82, 2.24) is 16.0 Å². The minimum absolute atomic E-state index is 0.0371. The molecule has 0 aliphatic carbocycles. The highest BCUT2D eigenvalue weighted by molar-refractivity contribution is 6.11. The second-order valence-corrected chi connectivity index (χ2v) is 11.1. The number of carbonyl (C=O) groups is 3. The summed E-state index contributed by atoms with van der Waals surface area (Å²) < 4.78 is 41.9. The maximum absolute atomic E-state index is 15.4. The molecule has 5 rings (SSSR count). The van der Waals surface area contributed by atoms with Crippen LogP contribution in [-0.4, -0.2) is 103 Å². The fourth-order valence-electron chi connectivity index (χ4n) is 5.36. The number of methoxy groups -OCH3 is 2. The second-order valence-electron chi connectivity index (χ2n) is 11.1. The third-order valence-corrected chi connectivity index (χ3v) is 7.96. The number of rotatable bonds is 17. The summed E-state index contributed by atoms with van der Waals surface area (Å²) in [5, 5.41) is 9.18. The Hall–Kier alpha value is -4.69. The summed E-state index contributed by atoms with van der Waals surface area (Å²) in [5.74, 6) is -2.17. The number of hydrogen-bond acceptors (Lipinski definition) is 10. The number of carbonyl (C=O) groups excluding carboxylic acids is 3. The summed E-state index contributed by atoms with van der Waals surface area (Å²) in [6, 6.07) is 13.5. The van der Waals surface area contributed by atoms with Gasteiger partial charge in [0.1, 0.15) is 17.9 Å². The van der Waals surface area contributed by atoms with Crippen LogP contribution in [0.15, 0.2) is 59.6 Å². The first-order chi connectivity index (χ1) is 23.4. The van der Waals surface area contributed by atoms with E-state index in [2.05, 4.69) is 20.9 Å². The Kier molecular flexibility index (Phi) is 12.2. The Morgan fingerprint density at radius 3 is 2.08 bits per heavy atom. The molecule has 2 aliphatic heterocycles. The first-order valence-corrected chi connectivity index (χ1v) is 15.6. The van der Waals surface area contributed by atoms with Crippen molar-refractivity contribution in [3.05, 3.63) is 93.8 Å². The van der Waals surface area contributed by atoms with Gasteiger partial charge in [-0.25, -0.2) is 4.39 Å². The lowest BCUT2D eigenvalue weighted by Gasteiger charge is -2.21. The molecule has 2 atom stereocenters. The summed E-state index contributed by atoms with van der Waals surface area (Å²) in [4.78, 5) is 43.9. The quantitative estimate of drug-likeness (QED) is 0.147. The van der Waals surface area contributed by atoms with Crippen LogP contribution in [0.4, 0.5) is 4.39 Å². The van der Waals surface area contributed by atoms with E-state index in [9.17, 15) is 14.4 Å². The van der Waals surface area contributed by atoms with E-state index >= 15 is 4.39 Å². The predicted molar refractivity (Wildman–Crippen MR) is 175 cm³/mol. The van der Waals surface area contributed by atoms with Crippen LogP contribution in [0.3, 0.4) is 0 Å². The molecular weight excluding hydrogens is 623 g/mol. The lowest BCUT2D eigenvalue weighted by atomic mass is 10.00. The van der Waals surface area contributed by atoms with Crippen LogP contribution in [0.25, 0.3) is 0 Å². The number of amides is 2. The van der Waals surface area contributed by atoms with E-state index in [0.29, 0.717) is 57.2 Å². The van der Waals surface area contributed by atoms with Crippen LogP contribution in [0.2, 0.25) is 0 Å². The van der Waals surface area contributed by atoms with Gasteiger partial charge in [-0.1, -0.05) is 18.2 Å². The number of ketones is 1. The lowest BCUT2D eigenvalue weighted by Crippen LogP contribution is -2.51. The molecule has 2 amide bonds. The van der Waals surface area contributed by atoms with Gasteiger partial charge in [0.25, 0.3) is 11.8 Å². The first-order valence-electron chi connectivity index (χ1n) is 15.6. The number of nitrogens with one attached hydrogen (secondary N) is 3. The fourth-order valence-corrected chi connectivity index (χ4v) is 5.36. The Morgan fingerprint density at radius 2 is 1.40 bits per heavy atom. The zero-order valence-electron chi connectivity index (χ0n) is 26.9. The van der Waals surface area contributed by atoms with Crippen molar-refractivity contribution < 1.29 is 42.5 Å². The maximum Gasteiger partial charge on any atom is 0.251 e. The molecule has 0 spiro atoms. The summed E-state index contributed by atoms with van der Waals surface area (Å²) in [6.07, 6.45) is 1.79.